The Morgan fingerprint density at radius 2 is 2.26 bits per heavy atom. The Bertz CT molecular complexity index is 749. The monoisotopic (exact) mass is 298 g/mol. The minimum Gasteiger partial charge on any atom is -0.478 e. The van der Waals surface area contributed by atoms with E-state index in [0.29, 0.717) is 10.2 Å². The number of nitrogens with one attached hydrogen (secondary N) is 1. The van der Waals surface area contributed by atoms with E-state index in [-0.39, 0.29) is 16.4 Å². The molecule has 0 bridgehead atoms. The number of anilines is 1. The Hall–Kier alpha value is -1.93. The van der Waals surface area contributed by atoms with Crippen LogP contribution < -0.4 is 4.72 Å². The average Bonchev–Trinajstić information content (AvgIpc) is 2.68. The summed E-state index contributed by atoms with van der Waals surface area (Å²) in [6, 6.07) is 4.42. The molecule has 0 aliphatic rings. The van der Waals surface area contributed by atoms with Gasteiger partial charge >= 0.3 is 5.97 Å². The second kappa shape index (κ2) is 4.98. The van der Waals surface area contributed by atoms with Gasteiger partial charge in [-0.2, -0.15) is 0 Å². The highest BCUT2D eigenvalue weighted by Crippen LogP contribution is 2.27. The number of fused-ring (bicyclic) bond motifs is 1. The Balaban J connectivity index is 2.37. The molecule has 6 nitrogen and oxygen atoms in total. The normalized spacial score (nSPS) is 11.4. The Morgan fingerprint density at radius 1 is 1.53 bits per heavy atom. The van der Waals surface area contributed by atoms with Crippen molar-refractivity contribution in [3.63, 3.8) is 0 Å². The lowest BCUT2D eigenvalue weighted by Gasteiger charge is -2.00. The van der Waals surface area contributed by atoms with E-state index in [1.165, 1.54) is 18.2 Å². The van der Waals surface area contributed by atoms with Crippen LogP contribution in [0.1, 0.15) is 10.4 Å². The second-order valence-electron chi connectivity index (χ2n) is 3.68. The van der Waals surface area contributed by atoms with Crippen molar-refractivity contribution in [2.75, 3.05) is 10.5 Å². The van der Waals surface area contributed by atoms with Crippen LogP contribution in [0.2, 0.25) is 0 Å². The first-order valence-corrected chi connectivity index (χ1v) is 7.63. The number of rotatable bonds is 5. The van der Waals surface area contributed by atoms with Gasteiger partial charge in [0.1, 0.15) is 0 Å². The number of aromatic nitrogens is 1. The molecular weight excluding hydrogens is 288 g/mol. The lowest BCUT2D eigenvalue weighted by atomic mass is 10.2. The molecule has 1 heterocycles. The molecule has 0 aliphatic heterocycles. The second-order valence-corrected chi connectivity index (χ2v) is 6.48. The summed E-state index contributed by atoms with van der Waals surface area (Å²) in [6.45, 7) is 3.36. The number of sulfonamides is 1. The summed E-state index contributed by atoms with van der Waals surface area (Å²) in [7, 11) is -3.50. The van der Waals surface area contributed by atoms with Crippen molar-refractivity contribution in [2.45, 2.75) is 0 Å². The molecule has 0 spiro atoms. The van der Waals surface area contributed by atoms with Gasteiger partial charge in [-0.05, 0) is 18.2 Å². The summed E-state index contributed by atoms with van der Waals surface area (Å²) in [5.74, 6) is -1.24. The molecule has 0 fully saturated rings. The molecule has 0 saturated heterocycles. The van der Waals surface area contributed by atoms with Gasteiger partial charge in [0.15, 0.2) is 5.13 Å². The lowest BCUT2D eigenvalue weighted by Crippen LogP contribution is -2.14. The van der Waals surface area contributed by atoms with Gasteiger partial charge < -0.3 is 5.11 Å². The molecule has 0 atom stereocenters. The molecule has 100 valence electrons. The summed E-state index contributed by atoms with van der Waals surface area (Å²) in [4.78, 5) is 14.9. The lowest BCUT2D eigenvalue weighted by molar-refractivity contribution is 0.0697. The molecule has 0 amide bonds. The number of carbonyl (C=O) groups is 1. The molecule has 2 N–H and O–H groups in total. The molecule has 19 heavy (non-hydrogen) atoms. The van der Waals surface area contributed by atoms with Crippen LogP contribution in [0.4, 0.5) is 5.13 Å². The third-order valence-corrected chi connectivity index (χ3v) is 4.46. The molecule has 1 aromatic carbocycles. The third-order valence-electron chi connectivity index (χ3n) is 2.22. The van der Waals surface area contributed by atoms with Crippen LogP contribution in [0, 0.1) is 0 Å². The fraction of sp³-hybridized carbons (Fsp3) is 0.0909. The largest absolute Gasteiger partial charge is 0.478 e. The van der Waals surface area contributed by atoms with E-state index in [1.807, 2.05) is 0 Å². The maximum atomic E-state index is 11.5. The van der Waals surface area contributed by atoms with Crippen molar-refractivity contribution in [1.29, 1.82) is 0 Å². The smallest absolute Gasteiger partial charge is 0.335 e. The SMILES string of the molecule is C=CCS(=O)(=O)Nc1nc2ccc(C(=O)O)cc2s1. The Labute approximate surface area is 113 Å². The van der Waals surface area contributed by atoms with Crippen LogP contribution in [-0.4, -0.2) is 30.2 Å². The fourth-order valence-corrected chi connectivity index (χ4v) is 3.44. The standard InChI is InChI=1S/C11H10N2O4S2/c1-2-5-19(16,17)13-11-12-8-4-3-7(10(14)15)6-9(8)18-11/h2-4,6H,1,5H2,(H,12,13)(H,14,15). The average molecular weight is 298 g/mol. The first-order valence-electron chi connectivity index (χ1n) is 5.16. The number of thiazole rings is 1. The molecule has 0 radical (unpaired) electrons. The van der Waals surface area contributed by atoms with Crippen molar-refractivity contribution in [3.05, 3.63) is 36.4 Å². The predicted molar refractivity (Wildman–Crippen MR) is 74.2 cm³/mol. The zero-order valence-corrected chi connectivity index (χ0v) is 11.3. The van der Waals surface area contributed by atoms with E-state index in [4.69, 9.17) is 5.11 Å². The van der Waals surface area contributed by atoms with Crippen molar-refractivity contribution in [1.82, 2.24) is 4.98 Å². The van der Waals surface area contributed by atoms with Crippen LogP contribution in [0.5, 0.6) is 0 Å². The van der Waals surface area contributed by atoms with Gasteiger partial charge in [0.25, 0.3) is 0 Å². The molecule has 8 heteroatoms. The van der Waals surface area contributed by atoms with Crippen molar-refractivity contribution in [2.24, 2.45) is 0 Å². The Kier molecular flexibility index (Phi) is 3.54. The van der Waals surface area contributed by atoms with Gasteiger partial charge in [-0.3, -0.25) is 4.72 Å². The van der Waals surface area contributed by atoms with Crippen LogP contribution in [0.3, 0.4) is 0 Å². The highest BCUT2D eigenvalue weighted by Gasteiger charge is 2.13. The number of carboxylic acid groups (broad SMARTS) is 1. The van der Waals surface area contributed by atoms with Gasteiger partial charge in [0, 0.05) is 0 Å². The van der Waals surface area contributed by atoms with E-state index < -0.39 is 16.0 Å². The summed E-state index contributed by atoms with van der Waals surface area (Å²) in [6.07, 6.45) is 1.28. The summed E-state index contributed by atoms with van der Waals surface area (Å²) >= 11 is 1.08. The van der Waals surface area contributed by atoms with Crippen molar-refractivity contribution < 1.29 is 18.3 Å². The van der Waals surface area contributed by atoms with Gasteiger partial charge in [-0.15, -0.1) is 6.58 Å². The van der Waals surface area contributed by atoms with E-state index >= 15 is 0 Å². The van der Waals surface area contributed by atoms with Gasteiger partial charge in [0.2, 0.25) is 10.0 Å². The molecule has 1 aromatic heterocycles. The summed E-state index contributed by atoms with van der Waals surface area (Å²) in [5.41, 5.74) is 0.683. The summed E-state index contributed by atoms with van der Waals surface area (Å²) in [5, 5.41) is 9.08. The van der Waals surface area contributed by atoms with Crippen LogP contribution in [-0.2, 0) is 10.0 Å². The predicted octanol–water partition coefficient (Wildman–Crippen LogP) is 1.92. The third kappa shape index (κ3) is 3.09. The zero-order valence-electron chi connectivity index (χ0n) is 9.66. The number of nitrogens with zero attached hydrogens (tertiary/aromatic N) is 1. The van der Waals surface area contributed by atoms with E-state index in [9.17, 15) is 13.2 Å². The first-order chi connectivity index (χ1) is 8.91. The van der Waals surface area contributed by atoms with E-state index in [1.54, 1.807) is 6.07 Å². The van der Waals surface area contributed by atoms with E-state index in [0.717, 1.165) is 11.3 Å². The number of hydrogen-bond donors (Lipinski definition) is 2. The molecule has 2 aromatic rings. The maximum Gasteiger partial charge on any atom is 0.335 e. The number of hydrogen-bond acceptors (Lipinski definition) is 5. The van der Waals surface area contributed by atoms with Crippen LogP contribution in [0.25, 0.3) is 10.2 Å². The highest BCUT2D eigenvalue weighted by molar-refractivity contribution is 7.93. The maximum absolute atomic E-state index is 11.5. The van der Waals surface area contributed by atoms with E-state index in [2.05, 4.69) is 16.3 Å². The van der Waals surface area contributed by atoms with Crippen molar-refractivity contribution >= 4 is 42.7 Å². The molecule has 0 saturated carbocycles. The Morgan fingerprint density at radius 3 is 2.89 bits per heavy atom. The highest BCUT2D eigenvalue weighted by atomic mass is 32.2. The van der Waals surface area contributed by atoms with Gasteiger partial charge in [-0.25, -0.2) is 18.2 Å². The zero-order chi connectivity index (χ0) is 14.0. The topological polar surface area (TPSA) is 96.4 Å². The summed E-state index contributed by atoms with van der Waals surface area (Å²) < 4.78 is 26.0. The van der Waals surface area contributed by atoms with Gasteiger partial charge in [0.05, 0.1) is 21.5 Å². The molecule has 2 rings (SSSR count). The number of benzene rings is 1. The number of carboxylic acids is 1. The fourth-order valence-electron chi connectivity index (χ4n) is 1.43. The quantitative estimate of drug-likeness (QED) is 0.822. The minimum atomic E-state index is -3.50. The first kappa shape index (κ1) is 13.5. The van der Waals surface area contributed by atoms with Gasteiger partial charge in [-0.1, -0.05) is 17.4 Å². The van der Waals surface area contributed by atoms with Crippen molar-refractivity contribution in [3.8, 4) is 0 Å². The molecule has 0 unspecified atom stereocenters. The number of aromatic carboxylic acids is 1. The minimum absolute atomic E-state index is 0.136. The molecular formula is C11H10N2O4S2. The molecule has 0 aliphatic carbocycles. The van der Waals surface area contributed by atoms with Crippen LogP contribution in [0.15, 0.2) is 30.9 Å². The van der Waals surface area contributed by atoms with Crippen LogP contribution >= 0.6 is 11.3 Å².